The molecule has 0 spiro atoms. The molecule has 2 aliphatic heterocycles. The van der Waals surface area contributed by atoms with Gasteiger partial charge in [0, 0.05) is 49.5 Å². The van der Waals surface area contributed by atoms with E-state index in [0.717, 1.165) is 49.0 Å². The Morgan fingerprint density at radius 2 is 1.55 bits per heavy atom. The van der Waals surface area contributed by atoms with Crippen molar-refractivity contribution in [2.75, 3.05) is 31.1 Å². The summed E-state index contributed by atoms with van der Waals surface area (Å²) in [4.78, 5) is 5.18. The summed E-state index contributed by atoms with van der Waals surface area (Å²) in [5, 5.41) is 3.98. The normalized spacial score (nSPS) is 22.7. The summed E-state index contributed by atoms with van der Waals surface area (Å²) in [6.45, 7) is 6.58. The summed E-state index contributed by atoms with van der Waals surface area (Å²) in [6, 6.07) is 11.5. The van der Waals surface area contributed by atoms with Gasteiger partial charge in [-0.15, -0.1) is 0 Å². The Hall–Kier alpha value is -1.85. The lowest BCUT2D eigenvalue weighted by Gasteiger charge is -2.43. The van der Waals surface area contributed by atoms with Gasteiger partial charge in [-0.1, -0.05) is 11.6 Å². The van der Waals surface area contributed by atoms with Crippen LogP contribution in [0.5, 0.6) is 0 Å². The van der Waals surface area contributed by atoms with Crippen molar-refractivity contribution in [3.63, 3.8) is 0 Å². The van der Waals surface area contributed by atoms with Crippen molar-refractivity contribution >= 4 is 5.69 Å². The predicted molar refractivity (Wildman–Crippen MR) is 115 cm³/mol. The highest BCUT2D eigenvalue weighted by atomic mass is 16.5. The molecule has 3 heterocycles. The first-order valence-electron chi connectivity index (χ1n) is 11.4. The quantitative estimate of drug-likeness (QED) is 0.737. The van der Waals surface area contributed by atoms with Gasteiger partial charge >= 0.3 is 0 Å². The Labute approximate surface area is 174 Å². The zero-order valence-electron chi connectivity index (χ0n) is 17.6. The smallest absolute Gasteiger partial charge is 0.167 e. The number of hydrogen-bond acceptors (Lipinski definition) is 5. The fraction of sp³-hybridized carbons (Fsp3) is 0.625. The molecule has 0 N–H and O–H groups in total. The molecule has 2 aromatic rings. The summed E-state index contributed by atoms with van der Waals surface area (Å²) in [5.41, 5.74) is 3.29. The molecule has 0 atom stereocenters. The number of aromatic nitrogens is 1. The minimum atomic E-state index is 0.433. The van der Waals surface area contributed by atoms with Crippen LogP contribution in [0.2, 0.25) is 0 Å². The standard InChI is InChI=1S/C24H33N3O2/c1-18-17-24(29-25-18)19-5-7-21(8-6-19)27-15-11-23(12-16-27)28-22-9-13-26(14-10-22)20-3-2-4-20/h5-8,17,20,22-23H,2-4,9-16H2,1H3. The molecular weight excluding hydrogens is 362 g/mol. The first kappa shape index (κ1) is 19.1. The summed E-state index contributed by atoms with van der Waals surface area (Å²) in [7, 11) is 0. The number of piperidine rings is 2. The van der Waals surface area contributed by atoms with Crippen molar-refractivity contribution in [1.29, 1.82) is 0 Å². The maximum absolute atomic E-state index is 6.50. The lowest BCUT2D eigenvalue weighted by molar-refractivity contribution is -0.0598. The molecule has 2 saturated heterocycles. The molecule has 3 fully saturated rings. The van der Waals surface area contributed by atoms with Crippen LogP contribution >= 0.6 is 0 Å². The third kappa shape index (κ3) is 4.36. The molecule has 1 aromatic carbocycles. The number of ether oxygens (including phenoxy) is 1. The molecule has 0 bridgehead atoms. The van der Waals surface area contributed by atoms with E-state index in [4.69, 9.17) is 9.26 Å². The summed E-state index contributed by atoms with van der Waals surface area (Å²) in [6.07, 6.45) is 9.89. The van der Waals surface area contributed by atoms with E-state index in [1.165, 1.54) is 50.9 Å². The van der Waals surface area contributed by atoms with Gasteiger partial charge < -0.3 is 19.1 Å². The van der Waals surface area contributed by atoms with Crippen molar-refractivity contribution in [2.45, 2.75) is 70.1 Å². The lowest BCUT2D eigenvalue weighted by atomic mass is 9.89. The number of anilines is 1. The molecule has 156 valence electrons. The van der Waals surface area contributed by atoms with Crippen LogP contribution in [0.4, 0.5) is 5.69 Å². The van der Waals surface area contributed by atoms with E-state index in [9.17, 15) is 0 Å². The van der Waals surface area contributed by atoms with E-state index in [-0.39, 0.29) is 0 Å². The van der Waals surface area contributed by atoms with E-state index in [0.29, 0.717) is 12.2 Å². The summed E-state index contributed by atoms with van der Waals surface area (Å²) >= 11 is 0. The van der Waals surface area contributed by atoms with Gasteiger partial charge in [0.1, 0.15) is 0 Å². The summed E-state index contributed by atoms with van der Waals surface area (Å²) in [5.74, 6) is 0.838. The highest BCUT2D eigenvalue weighted by Crippen LogP contribution is 2.30. The molecule has 0 unspecified atom stereocenters. The maximum atomic E-state index is 6.50. The fourth-order valence-corrected chi connectivity index (χ4v) is 4.99. The lowest BCUT2D eigenvalue weighted by Crippen LogP contribution is -2.47. The van der Waals surface area contributed by atoms with Crippen LogP contribution in [0, 0.1) is 6.92 Å². The van der Waals surface area contributed by atoms with Gasteiger partial charge in [0.05, 0.1) is 17.9 Å². The number of nitrogens with zero attached hydrogens (tertiary/aromatic N) is 3. The van der Waals surface area contributed by atoms with Crippen LogP contribution in [-0.2, 0) is 4.74 Å². The van der Waals surface area contributed by atoms with Gasteiger partial charge in [0.25, 0.3) is 0 Å². The maximum Gasteiger partial charge on any atom is 0.167 e. The van der Waals surface area contributed by atoms with Gasteiger partial charge in [0.2, 0.25) is 0 Å². The molecule has 3 aliphatic rings. The summed E-state index contributed by atoms with van der Waals surface area (Å²) < 4.78 is 11.9. The Kier molecular flexibility index (Phi) is 5.60. The third-order valence-corrected chi connectivity index (χ3v) is 7.04. The van der Waals surface area contributed by atoms with E-state index in [1.807, 2.05) is 13.0 Å². The molecule has 1 aliphatic carbocycles. The van der Waals surface area contributed by atoms with Crippen LogP contribution in [0.3, 0.4) is 0 Å². The van der Waals surface area contributed by atoms with Crippen molar-refractivity contribution in [3.05, 3.63) is 36.0 Å². The molecule has 5 rings (SSSR count). The number of benzene rings is 1. The van der Waals surface area contributed by atoms with Crippen molar-refractivity contribution in [3.8, 4) is 11.3 Å². The van der Waals surface area contributed by atoms with Crippen LogP contribution in [0.15, 0.2) is 34.9 Å². The van der Waals surface area contributed by atoms with E-state index >= 15 is 0 Å². The predicted octanol–water partition coefficient (Wildman–Crippen LogP) is 4.65. The first-order chi connectivity index (χ1) is 14.2. The number of aryl methyl sites for hydroxylation is 1. The topological polar surface area (TPSA) is 41.7 Å². The molecular formula is C24H33N3O2. The zero-order valence-corrected chi connectivity index (χ0v) is 17.6. The first-order valence-corrected chi connectivity index (χ1v) is 11.4. The van der Waals surface area contributed by atoms with E-state index in [2.05, 4.69) is 39.2 Å². The van der Waals surface area contributed by atoms with Crippen LogP contribution in [-0.4, -0.2) is 54.5 Å². The Morgan fingerprint density at radius 3 is 2.10 bits per heavy atom. The van der Waals surface area contributed by atoms with Gasteiger partial charge in [-0.3, -0.25) is 0 Å². The number of rotatable bonds is 5. The minimum Gasteiger partial charge on any atom is -0.375 e. The van der Waals surface area contributed by atoms with E-state index in [1.54, 1.807) is 0 Å². The fourth-order valence-electron chi connectivity index (χ4n) is 4.99. The van der Waals surface area contributed by atoms with Gasteiger partial charge in [-0.25, -0.2) is 0 Å². The largest absolute Gasteiger partial charge is 0.375 e. The average Bonchev–Trinajstić information content (AvgIpc) is 3.15. The van der Waals surface area contributed by atoms with E-state index < -0.39 is 0 Å². The molecule has 5 nitrogen and oxygen atoms in total. The number of hydrogen-bond donors (Lipinski definition) is 0. The molecule has 5 heteroatoms. The van der Waals surface area contributed by atoms with Crippen molar-refractivity contribution < 1.29 is 9.26 Å². The SMILES string of the molecule is Cc1cc(-c2ccc(N3CCC(OC4CCN(C5CCC5)CC4)CC3)cc2)on1. The average molecular weight is 396 g/mol. The van der Waals surface area contributed by atoms with Gasteiger partial charge in [-0.2, -0.15) is 0 Å². The zero-order chi connectivity index (χ0) is 19.6. The van der Waals surface area contributed by atoms with Crippen LogP contribution in [0.25, 0.3) is 11.3 Å². The highest BCUT2D eigenvalue weighted by Gasteiger charge is 2.30. The second-order valence-electron chi connectivity index (χ2n) is 9.02. The Bertz CT molecular complexity index is 783. The van der Waals surface area contributed by atoms with Crippen molar-refractivity contribution in [1.82, 2.24) is 10.1 Å². The van der Waals surface area contributed by atoms with Crippen molar-refractivity contribution in [2.24, 2.45) is 0 Å². The molecule has 0 radical (unpaired) electrons. The van der Waals surface area contributed by atoms with Gasteiger partial charge in [0.15, 0.2) is 5.76 Å². The number of likely N-dealkylation sites (tertiary alicyclic amines) is 1. The second-order valence-corrected chi connectivity index (χ2v) is 9.02. The second kappa shape index (κ2) is 8.49. The Morgan fingerprint density at radius 1 is 0.897 bits per heavy atom. The molecule has 1 aromatic heterocycles. The monoisotopic (exact) mass is 395 g/mol. The molecule has 1 saturated carbocycles. The van der Waals surface area contributed by atoms with Gasteiger partial charge in [-0.05, 0) is 69.7 Å². The third-order valence-electron chi connectivity index (χ3n) is 7.04. The minimum absolute atomic E-state index is 0.433. The molecule has 29 heavy (non-hydrogen) atoms. The highest BCUT2D eigenvalue weighted by molar-refractivity contribution is 5.62. The Balaban J connectivity index is 1.08. The van der Waals surface area contributed by atoms with Crippen LogP contribution in [0.1, 0.15) is 50.6 Å². The van der Waals surface area contributed by atoms with Crippen LogP contribution < -0.4 is 4.90 Å². The molecule has 0 amide bonds.